The third-order valence-corrected chi connectivity index (χ3v) is 3.94. The van der Waals surface area contributed by atoms with Gasteiger partial charge in [-0.2, -0.15) is 0 Å². The maximum atomic E-state index is 10.2. The third-order valence-electron chi connectivity index (χ3n) is 3.37. The van der Waals surface area contributed by atoms with Crippen LogP contribution in [0.1, 0.15) is 37.3 Å². The molecule has 0 aliphatic heterocycles. The molecule has 2 rings (SSSR count). The highest BCUT2D eigenvalue weighted by Crippen LogP contribution is 2.27. The second-order valence-corrected chi connectivity index (χ2v) is 5.92. The quantitative estimate of drug-likeness (QED) is 0.530. The summed E-state index contributed by atoms with van der Waals surface area (Å²) in [4.78, 5) is 4.68. The van der Waals surface area contributed by atoms with E-state index in [1.807, 2.05) is 24.3 Å². The fourth-order valence-electron chi connectivity index (χ4n) is 2.22. The molecule has 0 aromatic heterocycles. The molecular weight excluding hydrogens is 317 g/mol. The van der Waals surface area contributed by atoms with E-state index < -0.39 is 0 Å². The Bertz CT molecular complexity index is 668. The summed E-state index contributed by atoms with van der Waals surface area (Å²) in [5.41, 5.74) is 2.09. The number of aromatic hydroxyl groups is 1. The average molecular weight is 336 g/mol. The Kier molecular flexibility index (Phi) is 6.29. The van der Waals surface area contributed by atoms with Gasteiger partial charge in [-0.05, 0) is 30.7 Å². The number of hydrogen-bond acceptors (Lipinski definition) is 2. The van der Waals surface area contributed by atoms with Crippen molar-refractivity contribution in [1.29, 1.82) is 0 Å². The lowest BCUT2D eigenvalue weighted by Gasteiger charge is -2.11. The van der Waals surface area contributed by atoms with Gasteiger partial charge in [-0.1, -0.05) is 61.2 Å². The van der Waals surface area contributed by atoms with Crippen LogP contribution in [-0.2, 0) is 0 Å². The first-order chi connectivity index (χ1) is 10.6. The fraction of sp³-hybridized carbons (Fsp3) is 0.278. The van der Waals surface area contributed by atoms with Crippen molar-refractivity contribution in [1.82, 2.24) is 0 Å². The molecule has 0 unspecified atom stereocenters. The fourth-order valence-corrected chi connectivity index (χ4v) is 2.62. The van der Waals surface area contributed by atoms with Crippen LogP contribution in [0.5, 0.6) is 5.75 Å². The van der Waals surface area contributed by atoms with Gasteiger partial charge in [0.05, 0.1) is 5.71 Å². The highest BCUT2D eigenvalue weighted by atomic mass is 35.5. The number of benzene rings is 2. The molecule has 0 fully saturated rings. The largest absolute Gasteiger partial charge is 0.507 e. The minimum Gasteiger partial charge on any atom is -0.507 e. The Balaban J connectivity index is 2.46. The number of unbranched alkanes of at least 4 members (excludes halogenated alkanes) is 2. The van der Waals surface area contributed by atoms with Crippen LogP contribution in [0.3, 0.4) is 0 Å². The van der Waals surface area contributed by atoms with Crippen molar-refractivity contribution in [3.63, 3.8) is 0 Å². The number of phenols is 1. The molecule has 0 saturated carbocycles. The summed E-state index contributed by atoms with van der Waals surface area (Å²) in [6, 6.07) is 12.5. The first-order valence-corrected chi connectivity index (χ1v) is 8.17. The molecule has 0 aliphatic carbocycles. The summed E-state index contributed by atoms with van der Waals surface area (Å²) in [7, 11) is 0. The van der Waals surface area contributed by atoms with Crippen molar-refractivity contribution in [2.24, 2.45) is 4.99 Å². The third kappa shape index (κ3) is 4.25. The van der Waals surface area contributed by atoms with E-state index >= 15 is 0 Å². The van der Waals surface area contributed by atoms with Gasteiger partial charge in [0.25, 0.3) is 0 Å². The molecule has 2 aromatic carbocycles. The Morgan fingerprint density at radius 2 is 1.82 bits per heavy atom. The van der Waals surface area contributed by atoms with Gasteiger partial charge in [0.1, 0.15) is 5.75 Å². The zero-order valence-corrected chi connectivity index (χ0v) is 14.0. The van der Waals surface area contributed by atoms with Crippen LogP contribution < -0.4 is 0 Å². The standard InChI is InChI=1S/C18H19Cl2NO/c1-2-3-6-11-21-18(14-7-4-5-8-16(14)20)15-12-13(19)9-10-17(15)22/h4-5,7-10,12,22H,2-3,6,11H2,1H3. The van der Waals surface area contributed by atoms with E-state index in [2.05, 4.69) is 11.9 Å². The van der Waals surface area contributed by atoms with Crippen LogP contribution in [0.15, 0.2) is 47.5 Å². The lowest BCUT2D eigenvalue weighted by molar-refractivity contribution is 0.474. The molecule has 0 radical (unpaired) electrons. The minimum atomic E-state index is 0.151. The molecule has 1 N–H and O–H groups in total. The van der Waals surface area contributed by atoms with Gasteiger partial charge in [-0.25, -0.2) is 0 Å². The van der Waals surface area contributed by atoms with E-state index in [-0.39, 0.29) is 5.75 Å². The van der Waals surface area contributed by atoms with Crippen molar-refractivity contribution < 1.29 is 5.11 Å². The Hall–Kier alpha value is -1.51. The molecular formula is C18H19Cl2NO. The average Bonchev–Trinajstić information content (AvgIpc) is 2.51. The van der Waals surface area contributed by atoms with Gasteiger partial charge in [-0.15, -0.1) is 0 Å². The summed E-state index contributed by atoms with van der Waals surface area (Å²) in [5.74, 6) is 0.151. The predicted molar refractivity (Wildman–Crippen MR) is 94.6 cm³/mol. The van der Waals surface area contributed by atoms with Gasteiger partial charge in [0, 0.05) is 27.7 Å². The SMILES string of the molecule is CCCCCN=C(c1cc(Cl)ccc1O)c1ccccc1Cl. The highest BCUT2D eigenvalue weighted by molar-refractivity contribution is 6.36. The number of halogens is 2. The summed E-state index contributed by atoms with van der Waals surface area (Å²) in [6.45, 7) is 2.85. The molecule has 116 valence electrons. The van der Waals surface area contributed by atoms with E-state index in [0.29, 0.717) is 27.9 Å². The molecule has 2 nitrogen and oxygen atoms in total. The van der Waals surface area contributed by atoms with E-state index in [0.717, 1.165) is 24.8 Å². The van der Waals surface area contributed by atoms with Crippen LogP contribution >= 0.6 is 23.2 Å². The van der Waals surface area contributed by atoms with Crippen molar-refractivity contribution in [2.75, 3.05) is 6.54 Å². The molecule has 0 saturated heterocycles. The molecule has 0 bridgehead atoms. The molecule has 0 spiro atoms. The number of nitrogens with zero attached hydrogens (tertiary/aromatic N) is 1. The number of aliphatic imine (C=N–C) groups is 1. The van der Waals surface area contributed by atoms with E-state index in [9.17, 15) is 5.11 Å². The van der Waals surface area contributed by atoms with Crippen molar-refractivity contribution in [2.45, 2.75) is 26.2 Å². The van der Waals surface area contributed by atoms with E-state index in [4.69, 9.17) is 23.2 Å². The van der Waals surface area contributed by atoms with Crippen LogP contribution in [0, 0.1) is 0 Å². The number of hydrogen-bond donors (Lipinski definition) is 1. The van der Waals surface area contributed by atoms with Crippen LogP contribution in [-0.4, -0.2) is 17.4 Å². The van der Waals surface area contributed by atoms with E-state index in [1.54, 1.807) is 18.2 Å². The topological polar surface area (TPSA) is 32.6 Å². The lowest BCUT2D eigenvalue weighted by atomic mass is 10.0. The summed E-state index contributed by atoms with van der Waals surface area (Å²) in [5, 5.41) is 11.3. The smallest absolute Gasteiger partial charge is 0.125 e. The first-order valence-electron chi connectivity index (χ1n) is 7.41. The van der Waals surface area contributed by atoms with E-state index in [1.165, 1.54) is 0 Å². The van der Waals surface area contributed by atoms with Gasteiger partial charge >= 0.3 is 0 Å². The molecule has 0 heterocycles. The number of rotatable bonds is 6. The predicted octanol–water partition coefficient (Wildman–Crippen LogP) is 5.73. The molecule has 4 heteroatoms. The van der Waals surface area contributed by atoms with Gasteiger partial charge < -0.3 is 5.11 Å². The lowest BCUT2D eigenvalue weighted by Crippen LogP contribution is -2.06. The van der Waals surface area contributed by atoms with Crippen molar-refractivity contribution in [3.8, 4) is 5.75 Å². The normalized spacial score (nSPS) is 11.7. The zero-order valence-electron chi connectivity index (χ0n) is 12.5. The maximum absolute atomic E-state index is 10.2. The Labute approximate surface area is 141 Å². The molecule has 2 aromatic rings. The monoisotopic (exact) mass is 335 g/mol. The maximum Gasteiger partial charge on any atom is 0.125 e. The highest BCUT2D eigenvalue weighted by Gasteiger charge is 2.14. The Morgan fingerprint density at radius 1 is 1.05 bits per heavy atom. The van der Waals surface area contributed by atoms with Crippen LogP contribution in [0.4, 0.5) is 0 Å². The van der Waals surface area contributed by atoms with Crippen LogP contribution in [0.25, 0.3) is 0 Å². The van der Waals surface area contributed by atoms with Crippen molar-refractivity contribution >= 4 is 28.9 Å². The zero-order chi connectivity index (χ0) is 15.9. The summed E-state index contributed by atoms with van der Waals surface area (Å²) < 4.78 is 0. The second-order valence-electron chi connectivity index (χ2n) is 5.08. The first kappa shape index (κ1) is 16.9. The molecule has 0 atom stereocenters. The minimum absolute atomic E-state index is 0.151. The molecule has 0 amide bonds. The number of phenolic OH excluding ortho intramolecular Hbond substituents is 1. The molecule has 0 aliphatic rings. The van der Waals surface area contributed by atoms with Gasteiger partial charge in [0.2, 0.25) is 0 Å². The van der Waals surface area contributed by atoms with Gasteiger partial charge in [-0.3, -0.25) is 4.99 Å². The second kappa shape index (κ2) is 8.21. The van der Waals surface area contributed by atoms with Crippen molar-refractivity contribution in [3.05, 3.63) is 63.6 Å². The summed E-state index contributed by atoms with van der Waals surface area (Å²) in [6.07, 6.45) is 3.27. The summed E-state index contributed by atoms with van der Waals surface area (Å²) >= 11 is 12.4. The van der Waals surface area contributed by atoms with Gasteiger partial charge in [0.15, 0.2) is 0 Å². The molecule has 22 heavy (non-hydrogen) atoms. The van der Waals surface area contributed by atoms with Crippen LogP contribution in [0.2, 0.25) is 10.0 Å². The Morgan fingerprint density at radius 3 is 2.55 bits per heavy atom.